The highest BCUT2D eigenvalue weighted by Gasteiger charge is 2.23. The van der Waals surface area contributed by atoms with E-state index in [2.05, 4.69) is 20.0 Å². The van der Waals surface area contributed by atoms with Crippen LogP contribution in [-0.4, -0.2) is 36.7 Å². The lowest BCUT2D eigenvalue weighted by Crippen LogP contribution is -2.47. The Hall–Kier alpha value is -2.19. The molecule has 3 rings (SSSR count). The fourth-order valence-corrected chi connectivity index (χ4v) is 3.57. The Bertz CT molecular complexity index is 963. The molecule has 1 aromatic carbocycles. The number of nitrogens with zero attached hydrogens (tertiary/aromatic N) is 2. The Morgan fingerprint density at radius 3 is 2.70 bits per heavy atom. The number of fused-ring (bicyclic) bond motifs is 3. The summed E-state index contributed by atoms with van der Waals surface area (Å²) < 4.78 is 31.2. The van der Waals surface area contributed by atoms with Gasteiger partial charge in [0.1, 0.15) is 17.4 Å². The van der Waals surface area contributed by atoms with Crippen LogP contribution < -0.4 is 10.0 Å². The van der Waals surface area contributed by atoms with Crippen LogP contribution in [0.2, 0.25) is 0 Å². The monoisotopic (exact) mass is 334 g/mol. The van der Waals surface area contributed by atoms with E-state index >= 15 is 0 Å². The maximum absolute atomic E-state index is 11.4. The van der Waals surface area contributed by atoms with Crippen molar-refractivity contribution < 1.29 is 12.8 Å². The van der Waals surface area contributed by atoms with Gasteiger partial charge in [-0.2, -0.15) is 0 Å². The third-order valence-corrected chi connectivity index (χ3v) is 4.24. The van der Waals surface area contributed by atoms with Gasteiger partial charge in [0.05, 0.1) is 6.26 Å². The number of aromatic nitrogens is 2. The van der Waals surface area contributed by atoms with Gasteiger partial charge in [-0.05, 0) is 26.0 Å². The summed E-state index contributed by atoms with van der Waals surface area (Å²) in [5.74, 6) is 0.537. The van der Waals surface area contributed by atoms with Crippen molar-refractivity contribution in [1.29, 1.82) is 0 Å². The van der Waals surface area contributed by atoms with Crippen LogP contribution >= 0.6 is 0 Å². The van der Waals surface area contributed by atoms with Gasteiger partial charge in [-0.1, -0.05) is 12.1 Å². The SMILES string of the molecule is CC(C)(CNc1ncnc2c1oc1ccccc12)NS(C)(=O)=O. The second-order valence-electron chi connectivity index (χ2n) is 6.11. The molecule has 0 atom stereocenters. The molecule has 0 spiro atoms. The van der Waals surface area contributed by atoms with Gasteiger partial charge in [-0.25, -0.2) is 23.1 Å². The lowest BCUT2D eigenvalue weighted by atomic mass is 10.1. The van der Waals surface area contributed by atoms with Crippen LogP contribution in [0.25, 0.3) is 22.1 Å². The van der Waals surface area contributed by atoms with Crippen LogP contribution in [0.15, 0.2) is 35.0 Å². The second-order valence-corrected chi connectivity index (χ2v) is 7.86. The van der Waals surface area contributed by atoms with Crippen molar-refractivity contribution in [2.45, 2.75) is 19.4 Å². The third-order valence-electron chi connectivity index (χ3n) is 3.32. The number of sulfonamides is 1. The van der Waals surface area contributed by atoms with E-state index in [1.165, 1.54) is 6.33 Å². The minimum Gasteiger partial charge on any atom is -0.450 e. The number of furan rings is 1. The van der Waals surface area contributed by atoms with Crippen LogP contribution in [0.5, 0.6) is 0 Å². The fraction of sp³-hybridized carbons (Fsp3) is 0.333. The molecule has 3 aromatic rings. The zero-order valence-corrected chi connectivity index (χ0v) is 13.9. The maximum Gasteiger partial charge on any atom is 0.209 e. The van der Waals surface area contributed by atoms with Crippen LogP contribution in [0.4, 0.5) is 5.82 Å². The number of nitrogens with one attached hydrogen (secondary N) is 2. The van der Waals surface area contributed by atoms with Gasteiger partial charge in [0, 0.05) is 17.5 Å². The van der Waals surface area contributed by atoms with E-state index in [0.29, 0.717) is 17.9 Å². The van der Waals surface area contributed by atoms with Gasteiger partial charge in [-0.3, -0.25) is 0 Å². The highest BCUT2D eigenvalue weighted by atomic mass is 32.2. The van der Waals surface area contributed by atoms with E-state index in [-0.39, 0.29) is 0 Å². The van der Waals surface area contributed by atoms with Crippen molar-refractivity contribution in [2.75, 3.05) is 18.1 Å². The third kappa shape index (κ3) is 3.43. The fourth-order valence-electron chi connectivity index (χ4n) is 2.49. The molecule has 0 aliphatic heterocycles. The van der Waals surface area contributed by atoms with Crippen molar-refractivity contribution in [2.24, 2.45) is 0 Å². The van der Waals surface area contributed by atoms with Gasteiger partial charge < -0.3 is 9.73 Å². The molecule has 2 heterocycles. The maximum atomic E-state index is 11.4. The van der Waals surface area contributed by atoms with E-state index < -0.39 is 15.6 Å². The van der Waals surface area contributed by atoms with E-state index in [9.17, 15) is 8.42 Å². The Morgan fingerprint density at radius 1 is 1.22 bits per heavy atom. The Balaban J connectivity index is 1.92. The molecular formula is C15H18N4O3S. The summed E-state index contributed by atoms with van der Waals surface area (Å²) in [7, 11) is -3.30. The van der Waals surface area contributed by atoms with Gasteiger partial charge in [0.2, 0.25) is 10.0 Å². The molecule has 0 amide bonds. The first-order valence-electron chi connectivity index (χ1n) is 7.10. The topological polar surface area (TPSA) is 97.1 Å². The molecule has 0 bridgehead atoms. The summed E-state index contributed by atoms with van der Waals surface area (Å²) in [5, 5.41) is 4.06. The molecule has 0 unspecified atom stereocenters. The average molecular weight is 334 g/mol. The zero-order valence-electron chi connectivity index (χ0n) is 13.1. The van der Waals surface area contributed by atoms with Crippen molar-refractivity contribution in [1.82, 2.24) is 14.7 Å². The largest absolute Gasteiger partial charge is 0.450 e. The number of benzene rings is 1. The molecule has 2 N–H and O–H groups in total. The van der Waals surface area contributed by atoms with Crippen LogP contribution in [0.3, 0.4) is 0 Å². The zero-order chi connectivity index (χ0) is 16.7. The summed E-state index contributed by atoms with van der Waals surface area (Å²) >= 11 is 0. The predicted octanol–water partition coefficient (Wildman–Crippen LogP) is 2.12. The summed E-state index contributed by atoms with van der Waals surface area (Å²) in [6.45, 7) is 3.93. The number of anilines is 1. The predicted molar refractivity (Wildman–Crippen MR) is 89.9 cm³/mol. The first kappa shape index (κ1) is 15.7. The minimum atomic E-state index is -3.30. The van der Waals surface area contributed by atoms with Crippen LogP contribution in [0.1, 0.15) is 13.8 Å². The lowest BCUT2D eigenvalue weighted by molar-refractivity contribution is 0.475. The summed E-state index contributed by atoms with van der Waals surface area (Å²) in [6.07, 6.45) is 2.60. The number of hydrogen-bond acceptors (Lipinski definition) is 6. The number of rotatable bonds is 5. The summed E-state index contributed by atoms with van der Waals surface area (Å²) in [6, 6.07) is 7.62. The van der Waals surface area contributed by atoms with Gasteiger partial charge in [0.25, 0.3) is 0 Å². The minimum absolute atomic E-state index is 0.350. The van der Waals surface area contributed by atoms with Gasteiger partial charge in [0.15, 0.2) is 11.4 Å². The lowest BCUT2D eigenvalue weighted by Gasteiger charge is -2.25. The van der Waals surface area contributed by atoms with E-state index in [0.717, 1.165) is 22.7 Å². The smallest absolute Gasteiger partial charge is 0.209 e. The quantitative estimate of drug-likeness (QED) is 0.742. The molecule has 2 aromatic heterocycles. The molecule has 0 fully saturated rings. The summed E-state index contributed by atoms with van der Waals surface area (Å²) in [5.41, 5.74) is 1.35. The van der Waals surface area contributed by atoms with Gasteiger partial charge in [-0.15, -0.1) is 0 Å². The molecule has 0 aliphatic carbocycles. The molecule has 0 saturated heterocycles. The standard InChI is InChI=1S/C15H18N4O3S/c1-15(2,19-23(3,20)21)8-16-14-13-12(17-9-18-14)10-6-4-5-7-11(10)22-13/h4-7,9,19H,8H2,1-3H3,(H,16,17,18). The molecule has 23 heavy (non-hydrogen) atoms. The molecule has 0 saturated carbocycles. The first-order valence-corrected chi connectivity index (χ1v) is 8.99. The molecule has 0 radical (unpaired) electrons. The highest BCUT2D eigenvalue weighted by Crippen LogP contribution is 2.30. The first-order chi connectivity index (χ1) is 10.8. The van der Waals surface area contributed by atoms with Crippen molar-refractivity contribution >= 4 is 37.9 Å². The second kappa shape index (κ2) is 5.47. The molecule has 0 aliphatic rings. The van der Waals surface area contributed by atoms with Gasteiger partial charge >= 0.3 is 0 Å². The highest BCUT2D eigenvalue weighted by molar-refractivity contribution is 7.88. The van der Waals surface area contributed by atoms with E-state index in [1.54, 1.807) is 13.8 Å². The average Bonchev–Trinajstić information content (AvgIpc) is 2.82. The Labute approximate surface area is 134 Å². The number of para-hydroxylation sites is 1. The number of hydrogen-bond donors (Lipinski definition) is 2. The van der Waals surface area contributed by atoms with Crippen molar-refractivity contribution in [3.63, 3.8) is 0 Å². The Kier molecular flexibility index (Phi) is 3.73. The molecular weight excluding hydrogens is 316 g/mol. The van der Waals surface area contributed by atoms with E-state index in [4.69, 9.17) is 4.42 Å². The van der Waals surface area contributed by atoms with Crippen LogP contribution in [-0.2, 0) is 10.0 Å². The molecule has 122 valence electrons. The van der Waals surface area contributed by atoms with Crippen molar-refractivity contribution in [3.05, 3.63) is 30.6 Å². The van der Waals surface area contributed by atoms with Crippen LogP contribution in [0, 0.1) is 0 Å². The Morgan fingerprint density at radius 2 is 1.96 bits per heavy atom. The van der Waals surface area contributed by atoms with E-state index in [1.807, 2.05) is 24.3 Å². The van der Waals surface area contributed by atoms with Crippen molar-refractivity contribution in [3.8, 4) is 0 Å². The normalized spacial score (nSPS) is 12.8. The molecule has 8 heteroatoms. The summed E-state index contributed by atoms with van der Waals surface area (Å²) in [4.78, 5) is 8.49. The molecule has 7 nitrogen and oxygen atoms in total.